The van der Waals surface area contributed by atoms with Gasteiger partial charge in [-0.1, -0.05) is 0 Å². The average molecular weight is 536 g/mol. The SMILES string of the molecule is Cc1[nH]c(C=NN=C2C(=O)Nc3ccc(F)cc32)c(C)c1C(=O)NCCCCC(=O)Nc1ccc(F)cc1N. The summed E-state index contributed by atoms with van der Waals surface area (Å²) in [5.41, 5.74) is 9.24. The van der Waals surface area contributed by atoms with E-state index in [9.17, 15) is 23.2 Å². The highest BCUT2D eigenvalue weighted by Crippen LogP contribution is 2.24. The molecule has 1 aliphatic heterocycles. The molecule has 0 atom stereocenters. The van der Waals surface area contributed by atoms with Crippen LogP contribution < -0.4 is 21.7 Å². The molecule has 0 unspecified atom stereocenters. The molecule has 6 N–H and O–H groups in total. The van der Waals surface area contributed by atoms with Crippen molar-refractivity contribution in [2.24, 2.45) is 10.2 Å². The normalized spacial score (nSPS) is 13.5. The summed E-state index contributed by atoms with van der Waals surface area (Å²) >= 11 is 0. The van der Waals surface area contributed by atoms with Crippen LogP contribution in [-0.4, -0.2) is 41.2 Å². The topological polar surface area (TPSA) is 154 Å². The number of H-pyrrole nitrogens is 1. The number of nitrogens with two attached hydrogens (primary N) is 1. The minimum absolute atomic E-state index is 0.00513. The number of amides is 3. The van der Waals surface area contributed by atoms with E-state index in [0.717, 1.165) is 6.07 Å². The van der Waals surface area contributed by atoms with Crippen molar-refractivity contribution in [2.75, 3.05) is 22.9 Å². The lowest BCUT2D eigenvalue weighted by Crippen LogP contribution is -2.25. The van der Waals surface area contributed by atoms with Crippen LogP contribution in [0.2, 0.25) is 0 Å². The molecule has 0 fully saturated rings. The number of nitrogen functional groups attached to an aromatic ring is 1. The largest absolute Gasteiger partial charge is 0.397 e. The van der Waals surface area contributed by atoms with Crippen molar-refractivity contribution < 1.29 is 23.2 Å². The number of carbonyl (C=O) groups is 3. The zero-order valence-electron chi connectivity index (χ0n) is 21.3. The Morgan fingerprint density at radius 2 is 1.82 bits per heavy atom. The number of unbranched alkanes of at least 4 members (excludes halogenated alkanes) is 1. The molecule has 39 heavy (non-hydrogen) atoms. The number of anilines is 3. The fraction of sp³-hybridized carbons (Fsp3) is 0.222. The van der Waals surface area contributed by atoms with Gasteiger partial charge in [-0.15, -0.1) is 5.10 Å². The van der Waals surface area contributed by atoms with Gasteiger partial charge < -0.3 is 26.7 Å². The molecule has 0 saturated carbocycles. The number of aryl methyl sites for hydroxylation is 1. The second kappa shape index (κ2) is 11.7. The van der Waals surface area contributed by atoms with E-state index in [-0.39, 0.29) is 29.6 Å². The van der Waals surface area contributed by atoms with Gasteiger partial charge in [0.15, 0.2) is 5.71 Å². The van der Waals surface area contributed by atoms with Gasteiger partial charge in [0.1, 0.15) is 11.6 Å². The third-order valence-electron chi connectivity index (χ3n) is 6.15. The quantitative estimate of drug-likeness (QED) is 0.122. The zero-order chi connectivity index (χ0) is 28.1. The van der Waals surface area contributed by atoms with Crippen molar-refractivity contribution >= 4 is 46.7 Å². The van der Waals surface area contributed by atoms with E-state index in [0.29, 0.717) is 58.8 Å². The Labute approximate surface area is 222 Å². The summed E-state index contributed by atoms with van der Waals surface area (Å²) in [6.07, 6.45) is 2.70. The molecule has 10 nitrogen and oxygen atoms in total. The van der Waals surface area contributed by atoms with E-state index in [1.54, 1.807) is 13.8 Å². The highest BCUT2D eigenvalue weighted by Gasteiger charge is 2.26. The van der Waals surface area contributed by atoms with Gasteiger partial charge >= 0.3 is 0 Å². The number of fused-ring (bicyclic) bond motifs is 1. The summed E-state index contributed by atoms with van der Waals surface area (Å²) in [6.45, 7) is 3.86. The number of aromatic nitrogens is 1. The maximum atomic E-state index is 13.6. The Hall–Kier alpha value is -4.87. The third-order valence-corrected chi connectivity index (χ3v) is 6.15. The fourth-order valence-corrected chi connectivity index (χ4v) is 4.17. The number of halogens is 2. The van der Waals surface area contributed by atoms with Gasteiger partial charge in [0.05, 0.1) is 34.5 Å². The van der Waals surface area contributed by atoms with E-state index in [1.165, 1.54) is 36.5 Å². The number of rotatable bonds is 9. The lowest BCUT2D eigenvalue weighted by atomic mass is 10.1. The van der Waals surface area contributed by atoms with Gasteiger partial charge in [0.25, 0.3) is 11.8 Å². The van der Waals surface area contributed by atoms with Gasteiger partial charge in [-0.25, -0.2) is 8.78 Å². The van der Waals surface area contributed by atoms with E-state index >= 15 is 0 Å². The maximum Gasteiger partial charge on any atom is 0.276 e. The molecule has 1 aliphatic rings. The molecule has 0 bridgehead atoms. The Balaban J connectivity index is 1.29. The lowest BCUT2D eigenvalue weighted by Gasteiger charge is -2.09. The highest BCUT2D eigenvalue weighted by atomic mass is 19.1. The Bertz CT molecular complexity index is 1510. The summed E-state index contributed by atoms with van der Waals surface area (Å²) in [5.74, 6) is -2.00. The Morgan fingerprint density at radius 1 is 1.08 bits per heavy atom. The molecule has 2 aromatic carbocycles. The molecule has 2 heterocycles. The molecule has 3 aromatic rings. The summed E-state index contributed by atoms with van der Waals surface area (Å²) < 4.78 is 26.7. The molecule has 0 saturated heterocycles. The van der Waals surface area contributed by atoms with Crippen LogP contribution in [-0.2, 0) is 9.59 Å². The minimum atomic E-state index is -0.494. The van der Waals surface area contributed by atoms with Crippen LogP contribution in [0.5, 0.6) is 0 Å². The van der Waals surface area contributed by atoms with Crippen LogP contribution in [0.1, 0.15) is 52.1 Å². The standard InChI is InChI=1S/C27H27F2N7O3/c1-14-22(13-32-36-25-18-11-16(28)6-8-20(18)35-27(25)39)33-15(2)24(14)26(38)31-10-4-3-5-23(37)34-21-9-7-17(29)12-19(21)30/h6-9,11-13,33H,3-5,10,30H2,1-2H3,(H,31,38)(H,34,37)(H,35,36,39). The third kappa shape index (κ3) is 6.35. The summed E-state index contributed by atoms with van der Waals surface area (Å²) in [6, 6.07) is 7.66. The predicted molar refractivity (Wildman–Crippen MR) is 145 cm³/mol. The van der Waals surface area contributed by atoms with E-state index in [4.69, 9.17) is 5.73 Å². The molecule has 0 aliphatic carbocycles. The van der Waals surface area contributed by atoms with Crippen LogP contribution in [0.4, 0.5) is 25.8 Å². The number of aromatic amines is 1. The van der Waals surface area contributed by atoms with Crippen LogP contribution >= 0.6 is 0 Å². The summed E-state index contributed by atoms with van der Waals surface area (Å²) in [7, 11) is 0. The minimum Gasteiger partial charge on any atom is -0.397 e. The van der Waals surface area contributed by atoms with Crippen LogP contribution in [0.3, 0.4) is 0 Å². The first kappa shape index (κ1) is 27.2. The first-order chi connectivity index (χ1) is 18.6. The number of nitrogens with zero attached hydrogens (tertiary/aromatic N) is 2. The van der Waals surface area contributed by atoms with Crippen molar-refractivity contribution in [3.63, 3.8) is 0 Å². The average Bonchev–Trinajstić information content (AvgIpc) is 3.34. The maximum absolute atomic E-state index is 13.6. The molecular weight excluding hydrogens is 508 g/mol. The first-order valence-electron chi connectivity index (χ1n) is 12.2. The zero-order valence-corrected chi connectivity index (χ0v) is 21.3. The van der Waals surface area contributed by atoms with Crippen molar-refractivity contribution in [3.05, 3.63) is 76.1 Å². The molecule has 202 valence electrons. The van der Waals surface area contributed by atoms with Gasteiger partial charge in [0, 0.05) is 24.2 Å². The molecular formula is C27H27F2N7O3. The number of carbonyl (C=O) groups excluding carboxylic acids is 3. The monoisotopic (exact) mass is 535 g/mol. The number of hydrogen-bond donors (Lipinski definition) is 5. The smallest absolute Gasteiger partial charge is 0.276 e. The molecule has 0 spiro atoms. The second-order valence-corrected chi connectivity index (χ2v) is 8.99. The van der Waals surface area contributed by atoms with Crippen molar-refractivity contribution in [1.82, 2.24) is 10.3 Å². The number of benzene rings is 2. The van der Waals surface area contributed by atoms with Crippen molar-refractivity contribution in [1.29, 1.82) is 0 Å². The van der Waals surface area contributed by atoms with E-state index in [2.05, 4.69) is 31.1 Å². The van der Waals surface area contributed by atoms with Gasteiger partial charge in [-0.3, -0.25) is 14.4 Å². The fourth-order valence-electron chi connectivity index (χ4n) is 4.17. The Kier molecular flexibility index (Phi) is 8.13. The number of hydrogen-bond acceptors (Lipinski definition) is 6. The highest BCUT2D eigenvalue weighted by molar-refractivity contribution is 6.53. The van der Waals surface area contributed by atoms with Gasteiger partial charge in [-0.05, 0) is 68.7 Å². The van der Waals surface area contributed by atoms with Gasteiger partial charge in [-0.2, -0.15) is 5.10 Å². The van der Waals surface area contributed by atoms with Crippen molar-refractivity contribution in [2.45, 2.75) is 33.1 Å². The summed E-state index contributed by atoms with van der Waals surface area (Å²) in [5, 5.41) is 16.0. The summed E-state index contributed by atoms with van der Waals surface area (Å²) in [4.78, 5) is 40.1. The van der Waals surface area contributed by atoms with Crippen LogP contribution in [0.25, 0.3) is 0 Å². The Morgan fingerprint density at radius 3 is 2.59 bits per heavy atom. The molecule has 4 rings (SSSR count). The lowest BCUT2D eigenvalue weighted by molar-refractivity contribution is -0.116. The van der Waals surface area contributed by atoms with Crippen LogP contribution in [0, 0.1) is 25.5 Å². The van der Waals surface area contributed by atoms with Crippen LogP contribution in [0.15, 0.2) is 46.6 Å². The molecule has 12 heteroatoms. The molecule has 3 amide bonds. The van der Waals surface area contributed by atoms with E-state index < -0.39 is 17.5 Å². The van der Waals surface area contributed by atoms with Crippen molar-refractivity contribution in [3.8, 4) is 0 Å². The molecule has 0 radical (unpaired) electrons. The molecule has 1 aromatic heterocycles. The first-order valence-corrected chi connectivity index (χ1v) is 12.2. The number of nitrogens with one attached hydrogen (secondary N) is 4. The van der Waals surface area contributed by atoms with Gasteiger partial charge in [0.2, 0.25) is 5.91 Å². The predicted octanol–water partition coefficient (Wildman–Crippen LogP) is 3.81. The van der Waals surface area contributed by atoms with E-state index in [1.807, 2.05) is 0 Å². The second-order valence-electron chi connectivity index (χ2n) is 8.99.